The molecule has 0 aromatic rings. The smallest absolute Gasteiger partial charge is 0.364 e. The van der Waals surface area contributed by atoms with Crippen LogP contribution in [0.4, 0.5) is 0 Å². The summed E-state index contributed by atoms with van der Waals surface area (Å²) in [5.41, 5.74) is 0. The monoisotopic (exact) mass is 323 g/mol. The highest BCUT2D eigenvalue weighted by atomic mass is 16.7. The van der Waals surface area contributed by atoms with Gasteiger partial charge in [0.2, 0.25) is 5.91 Å². The number of carboxylic acids is 1. The molecule has 1 amide bonds. The number of methoxy groups -OCH3 is 1. The van der Waals surface area contributed by atoms with E-state index in [0.29, 0.717) is 0 Å². The third-order valence-corrected chi connectivity index (χ3v) is 3.52. The first-order valence-electron chi connectivity index (χ1n) is 6.57. The minimum atomic E-state index is -2.24. The van der Waals surface area contributed by atoms with Gasteiger partial charge in [-0.2, -0.15) is 0 Å². The summed E-state index contributed by atoms with van der Waals surface area (Å²) < 4.78 is 10.0. The summed E-state index contributed by atoms with van der Waals surface area (Å²) in [5, 5.41) is 50.1. The Morgan fingerprint density at radius 3 is 2.45 bits per heavy atom. The van der Waals surface area contributed by atoms with Gasteiger partial charge in [0.25, 0.3) is 5.79 Å². The fourth-order valence-corrected chi connectivity index (χ4v) is 2.34. The molecule has 0 saturated carbocycles. The maximum absolute atomic E-state index is 11.3. The molecule has 1 saturated heterocycles. The first-order valence-corrected chi connectivity index (χ1v) is 6.57. The molecular formula is C12H21NO9. The number of aliphatic hydroxyl groups excluding tert-OH is 4. The van der Waals surface area contributed by atoms with Gasteiger partial charge >= 0.3 is 5.97 Å². The van der Waals surface area contributed by atoms with Crippen molar-refractivity contribution < 1.29 is 44.6 Å². The third-order valence-electron chi connectivity index (χ3n) is 3.52. The van der Waals surface area contributed by atoms with Crippen LogP contribution in [-0.2, 0) is 19.1 Å². The van der Waals surface area contributed by atoms with Crippen molar-refractivity contribution in [2.45, 2.75) is 49.6 Å². The molecule has 3 unspecified atom stereocenters. The first kappa shape index (κ1) is 18.7. The van der Waals surface area contributed by atoms with Crippen molar-refractivity contribution >= 4 is 11.9 Å². The highest BCUT2D eigenvalue weighted by molar-refractivity contribution is 5.76. The van der Waals surface area contributed by atoms with Crippen molar-refractivity contribution in [3.05, 3.63) is 0 Å². The van der Waals surface area contributed by atoms with Crippen LogP contribution in [0.2, 0.25) is 0 Å². The number of ether oxygens (including phenoxy) is 2. The van der Waals surface area contributed by atoms with E-state index >= 15 is 0 Å². The van der Waals surface area contributed by atoms with Crippen molar-refractivity contribution in [2.75, 3.05) is 13.7 Å². The summed E-state index contributed by atoms with van der Waals surface area (Å²) in [4.78, 5) is 22.6. The van der Waals surface area contributed by atoms with Gasteiger partial charge < -0.3 is 40.3 Å². The zero-order chi connectivity index (χ0) is 17.1. The minimum absolute atomic E-state index is 0.498. The lowest BCUT2D eigenvalue weighted by Crippen LogP contribution is -2.67. The van der Waals surface area contributed by atoms with Crippen LogP contribution in [0.25, 0.3) is 0 Å². The van der Waals surface area contributed by atoms with Crippen molar-refractivity contribution in [3.63, 3.8) is 0 Å². The Morgan fingerprint density at radius 1 is 1.45 bits per heavy atom. The molecule has 0 spiro atoms. The second kappa shape index (κ2) is 7.31. The van der Waals surface area contributed by atoms with E-state index < -0.39 is 61.1 Å². The normalized spacial score (nSPS) is 34.7. The Hall–Kier alpha value is -1.30. The molecule has 0 aliphatic carbocycles. The van der Waals surface area contributed by atoms with E-state index in [1.54, 1.807) is 0 Å². The van der Waals surface area contributed by atoms with Crippen LogP contribution in [-0.4, -0.2) is 87.4 Å². The van der Waals surface area contributed by atoms with Crippen molar-refractivity contribution in [3.8, 4) is 0 Å². The van der Waals surface area contributed by atoms with Gasteiger partial charge in [0.1, 0.15) is 18.3 Å². The molecule has 1 aliphatic rings. The molecular weight excluding hydrogens is 302 g/mol. The molecule has 6 N–H and O–H groups in total. The fourth-order valence-electron chi connectivity index (χ4n) is 2.34. The van der Waals surface area contributed by atoms with Gasteiger partial charge in [-0.15, -0.1) is 0 Å². The molecule has 0 aromatic carbocycles. The second-order valence-electron chi connectivity index (χ2n) is 5.08. The number of carbonyl (C=O) groups is 2. The molecule has 10 heteroatoms. The molecule has 10 nitrogen and oxygen atoms in total. The molecule has 0 aromatic heterocycles. The highest BCUT2D eigenvalue weighted by Crippen LogP contribution is 2.32. The Labute approximate surface area is 126 Å². The maximum atomic E-state index is 11.3. The molecule has 0 bridgehead atoms. The number of amides is 1. The molecule has 6 atom stereocenters. The number of aliphatic hydroxyl groups is 4. The van der Waals surface area contributed by atoms with Gasteiger partial charge in [0.15, 0.2) is 0 Å². The second-order valence-corrected chi connectivity index (χ2v) is 5.08. The molecule has 128 valence electrons. The van der Waals surface area contributed by atoms with E-state index in [1.807, 2.05) is 0 Å². The highest BCUT2D eigenvalue weighted by Gasteiger charge is 2.55. The SMILES string of the molecule is CO[C@@]1(C(=O)O)C[C@H](O)[C@H](NC(C)=O)C(C(O)C(O)CO)O1. The number of carboxylic acid groups (broad SMARTS) is 1. The maximum Gasteiger partial charge on any atom is 0.364 e. The van der Waals surface area contributed by atoms with Crippen LogP contribution in [0.5, 0.6) is 0 Å². The lowest BCUT2D eigenvalue weighted by molar-refractivity contribution is -0.303. The van der Waals surface area contributed by atoms with E-state index in [0.717, 1.165) is 14.0 Å². The number of carbonyl (C=O) groups excluding carboxylic acids is 1. The van der Waals surface area contributed by atoms with Crippen molar-refractivity contribution in [2.24, 2.45) is 0 Å². The summed E-state index contributed by atoms with van der Waals surface area (Å²) in [6.45, 7) is 0.338. The molecule has 1 aliphatic heterocycles. The lowest BCUT2D eigenvalue weighted by Gasteiger charge is -2.46. The summed E-state index contributed by atoms with van der Waals surface area (Å²) in [6, 6.07) is -1.18. The van der Waals surface area contributed by atoms with E-state index in [9.17, 15) is 30.0 Å². The number of aliphatic carboxylic acids is 1. The molecule has 0 radical (unpaired) electrons. The van der Waals surface area contributed by atoms with E-state index in [-0.39, 0.29) is 0 Å². The van der Waals surface area contributed by atoms with Crippen molar-refractivity contribution in [1.82, 2.24) is 5.32 Å². The zero-order valence-corrected chi connectivity index (χ0v) is 12.2. The quantitative estimate of drug-likeness (QED) is 0.295. The first-order chi connectivity index (χ1) is 10.2. The summed E-state index contributed by atoms with van der Waals surface area (Å²) in [5.74, 6) is -4.33. The number of rotatable bonds is 6. The topological polar surface area (TPSA) is 166 Å². The molecule has 1 heterocycles. The van der Waals surface area contributed by atoms with Gasteiger partial charge in [-0.25, -0.2) is 4.79 Å². The van der Waals surface area contributed by atoms with Crippen LogP contribution in [0.15, 0.2) is 0 Å². The van der Waals surface area contributed by atoms with Crippen LogP contribution >= 0.6 is 0 Å². The predicted molar refractivity (Wildman–Crippen MR) is 69.6 cm³/mol. The fraction of sp³-hybridized carbons (Fsp3) is 0.833. The average molecular weight is 323 g/mol. The standard InChI is InChI=1S/C12H21NO9/c1-5(15)13-8-6(16)3-12(21-2,11(19)20)22-10(8)9(18)7(17)4-14/h6-10,14,16-18H,3-4H2,1-2H3,(H,13,15)(H,19,20)/t6-,7?,8-,9?,10?,12-/m0/s1. The van der Waals surface area contributed by atoms with Gasteiger partial charge in [0.05, 0.1) is 18.8 Å². The molecule has 22 heavy (non-hydrogen) atoms. The number of nitrogens with one attached hydrogen (secondary N) is 1. The number of hydrogen-bond donors (Lipinski definition) is 6. The van der Waals surface area contributed by atoms with Crippen LogP contribution in [0.1, 0.15) is 13.3 Å². The van der Waals surface area contributed by atoms with E-state index in [2.05, 4.69) is 5.32 Å². The Kier molecular flexibility index (Phi) is 6.23. The Morgan fingerprint density at radius 2 is 2.05 bits per heavy atom. The lowest BCUT2D eigenvalue weighted by atomic mass is 9.88. The summed E-state index contributed by atoms with van der Waals surface area (Å²) >= 11 is 0. The minimum Gasteiger partial charge on any atom is -0.477 e. The largest absolute Gasteiger partial charge is 0.477 e. The average Bonchev–Trinajstić information content (AvgIpc) is 2.46. The van der Waals surface area contributed by atoms with E-state index in [4.69, 9.17) is 14.6 Å². The number of hydrogen-bond acceptors (Lipinski definition) is 8. The predicted octanol–water partition coefficient (Wildman–Crippen LogP) is -3.22. The van der Waals surface area contributed by atoms with Gasteiger partial charge in [-0.05, 0) is 0 Å². The van der Waals surface area contributed by atoms with Crippen LogP contribution in [0, 0.1) is 0 Å². The molecule has 1 fully saturated rings. The van der Waals surface area contributed by atoms with Crippen molar-refractivity contribution in [1.29, 1.82) is 0 Å². The Bertz CT molecular complexity index is 417. The van der Waals surface area contributed by atoms with Gasteiger partial charge in [-0.1, -0.05) is 0 Å². The zero-order valence-electron chi connectivity index (χ0n) is 12.2. The van der Waals surface area contributed by atoms with Gasteiger partial charge in [-0.3, -0.25) is 4.79 Å². The van der Waals surface area contributed by atoms with Crippen LogP contribution in [0.3, 0.4) is 0 Å². The third kappa shape index (κ3) is 3.72. The summed E-state index contributed by atoms with van der Waals surface area (Å²) in [6.07, 6.45) is -6.84. The van der Waals surface area contributed by atoms with Crippen LogP contribution < -0.4 is 5.32 Å². The Balaban J connectivity index is 3.14. The van der Waals surface area contributed by atoms with E-state index in [1.165, 1.54) is 0 Å². The van der Waals surface area contributed by atoms with Gasteiger partial charge in [0, 0.05) is 20.5 Å². The summed E-state index contributed by atoms with van der Waals surface area (Å²) in [7, 11) is 1.05. The molecule has 1 rings (SSSR count).